The molecule has 0 spiro atoms. The van der Waals surface area contributed by atoms with Crippen molar-refractivity contribution < 1.29 is 13.7 Å². The summed E-state index contributed by atoms with van der Waals surface area (Å²) in [5.41, 5.74) is 1.41. The van der Waals surface area contributed by atoms with Crippen LogP contribution < -0.4 is 4.90 Å². The molecule has 2 heterocycles. The molecule has 0 N–H and O–H groups in total. The van der Waals surface area contributed by atoms with Gasteiger partial charge in [-0.25, -0.2) is 4.39 Å². The van der Waals surface area contributed by atoms with E-state index in [-0.39, 0.29) is 23.3 Å². The molecule has 1 unspecified atom stereocenters. The average Bonchev–Trinajstić information content (AvgIpc) is 3.25. The van der Waals surface area contributed by atoms with Crippen molar-refractivity contribution in [1.82, 2.24) is 10.1 Å². The molecule has 1 aliphatic heterocycles. The van der Waals surface area contributed by atoms with Gasteiger partial charge < -0.3 is 9.42 Å². The number of hydrogen-bond donors (Lipinski definition) is 0. The summed E-state index contributed by atoms with van der Waals surface area (Å²) in [4.78, 5) is 18.3. The minimum atomic E-state index is -0.516. The fourth-order valence-corrected chi connectivity index (χ4v) is 3.06. The molecule has 0 radical (unpaired) electrons. The molecule has 5 nitrogen and oxygen atoms in total. The van der Waals surface area contributed by atoms with Gasteiger partial charge in [0.15, 0.2) is 0 Å². The van der Waals surface area contributed by atoms with Gasteiger partial charge in [0.1, 0.15) is 5.82 Å². The molecule has 7 heteroatoms. The van der Waals surface area contributed by atoms with Crippen molar-refractivity contribution >= 4 is 23.2 Å². The van der Waals surface area contributed by atoms with Gasteiger partial charge in [0, 0.05) is 24.2 Å². The van der Waals surface area contributed by atoms with Crippen LogP contribution in [-0.4, -0.2) is 22.6 Å². The number of amides is 1. The molecule has 0 aliphatic carbocycles. The molecule has 0 saturated carbocycles. The number of halogens is 2. The van der Waals surface area contributed by atoms with Crippen LogP contribution in [0.1, 0.15) is 18.2 Å². The summed E-state index contributed by atoms with van der Waals surface area (Å²) in [6.45, 7) is 0.386. The number of aromatic nitrogens is 2. The second-order valence-electron chi connectivity index (χ2n) is 5.83. The molecule has 2 aromatic carbocycles. The maximum absolute atomic E-state index is 13.3. The van der Waals surface area contributed by atoms with Crippen molar-refractivity contribution in [2.24, 2.45) is 0 Å². The van der Waals surface area contributed by atoms with E-state index in [0.717, 1.165) is 5.56 Å². The zero-order valence-electron chi connectivity index (χ0n) is 13.0. The summed E-state index contributed by atoms with van der Waals surface area (Å²) >= 11 is 5.81. The molecule has 1 saturated heterocycles. The molecule has 4 rings (SSSR count). The van der Waals surface area contributed by atoms with Crippen molar-refractivity contribution in [2.75, 3.05) is 11.4 Å². The van der Waals surface area contributed by atoms with E-state index in [0.29, 0.717) is 23.9 Å². The van der Waals surface area contributed by atoms with Gasteiger partial charge in [-0.15, -0.1) is 0 Å². The number of hydrogen-bond acceptors (Lipinski definition) is 4. The smallest absolute Gasteiger partial charge is 0.232 e. The third-order valence-corrected chi connectivity index (χ3v) is 4.45. The van der Waals surface area contributed by atoms with Crippen LogP contribution in [0.5, 0.6) is 0 Å². The van der Waals surface area contributed by atoms with E-state index in [1.54, 1.807) is 4.90 Å². The Hall–Kier alpha value is -2.73. The topological polar surface area (TPSA) is 59.2 Å². The first kappa shape index (κ1) is 15.8. The maximum Gasteiger partial charge on any atom is 0.232 e. The molecular weight excluding hydrogens is 345 g/mol. The van der Waals surface area contributed by atoms with Gasteiger partial charge in [-0.05, 0) is 18.2 Å². The Morgan fingerprint density at radius 1 is 1.20 bits per heavy atom. The number of nitrogens with zero attached hydrogens (tertiary/aromatic N) is 3. The summed E-state index contributed by atoms with van der Waals surface area (Å²) in [5, 5.41) is 3.98. The Balaban J connectivity index is 1.56. The molecule has 25 heavy (non-hydrogen) atoms. The Bertz CT molecular complexity index is 929. The van der Waals surface area contributed by atoms with E-state index in [9.17, 15) is 9.18 Å². The van der Waals surface area contributed by atoms with Gasteiger partial charge in [-0.1, -0.05) is 47.1 Å². The minimum Gasteiger partial charge on any atom is -0.339 e. The lowest BCUT2D eigenvalue weighted by molar-refractivity contribution is -0.117. The fraction of sp³-hybridized carbons (Fsp3) is 0.167. The zero-order valence-corrected chi connectivity index (χ0v) is 13.8. The number of benzene rings is 2. The Morgan fingerprint density at radius 2 is 2.00 bits per heavy atom. The standard InChI is InChI=1S/C18H13ClFN3O2/c19-14-9-13(6-7-15(14)20)23-10-12(8-16(23)24)18-21-17(22-25-18)11-4-2-1-3-5-11/h1-7,9,12H,8,10H2. The van der Waals surface area contributed by atoms with Crippen LogP contribution in [-0.2, 0) is 4.79 Å². The van der Waals surface area contributed by atoms with E-state index >= 15 is 0 Å². The number of carbonyl (C=O) groups is 1. The van der Waals surface area contributed by atoms with Gasteiger partial charge in [0.25, 0.3) is 0 Å². The van der Waals surface area contributed by atoms with Crippen molar-refractivity contribution in [1.29, 1.82) is 0 Å². The monoisotopic (exact) mass is 357 g/mol. The third kappa shape index (κ3) is 3.00. The molecule has 1 amide bonds. The molecule has 1 fully saturated rings. The SMILES string of the molecule is O=C1CC(c2nc(-c3ccccc3)no2)CN1c1ccc(F)c(Cl)c1. The van der Waals surface area contributed by atoms with Crippen molar-refractivity contribution in [2.45, 2.75) is 12.3 Å². The number of rotatable bonds is 3. The van der Waals surface area contributed by atoms with Gasteiger partial charge in [-0.3, -0.25) is 4.79 Å². The zero-order chi connectivity index (χ0) is 17.4. The highest BCUT2D eigenvalue weighted by atomic mass is 35.5. The Labute approximate surface area is 148 Å². The highest BCUT2D eigenvalue weighted by molar-refractivity contribution is 6.31. The molecule has 1 atom stereocenters. The van der Waals surface area contributed by atoms with Gasteiger partial charge in [0.2, 0.25) is 17.6 Å². The van der Waals surface area contributed by atoms with Crippen LogP contribution in [0.2, 0.25) is 5.02 Å². The third-order valence-electron chi connectivity index (χ3n) is 4.16. The average molecular weight is 358 g/mol. The highest BCUT2D eigenvalue weighted by Gasteiger charge is 2.35. The highest BCUT2D eigenvalue weighted by Crippen LogP contribution is 2.33. The van der Waals surface area contributed by atoms with Crippen LogP contribution in [0.15, 0.2) is 53.1 Å². The van der Waals surface area contributed by atoms with E-state index in [1.165, 1.54) is 18.2 Å². The second-order valence-corrected chi connectivity index (χ2v) is 6.23. The van der Waals surface area contributed by atoms with Crippen LogP contribution in [0, 0.1) is 5.82 Å². The quantitative estimate of drug-likeness (QED) is 0.709. The first-order valence-corrected chi connectivity index (χ1v) is 8.14. The molecule has 1 aliphatic rings. The Morgan fingerprint density at radius 3 is 2.76 bits per heavy atom. The van der Waals surface area contributed by atoms with Crippen molar-refractivity contribution in [3.8, 4) is 11.4 Å². The summed E-state index contributed by atoms with van der Waals surface area (Å²) in [6, 6.07) is 13.7. The van der Waals surface area contributed by atoms with Crippen LogP contribution in [0.25, 0.3) is 11.4 Å². The summed E-state index contributed by atoms with van der Waals surface area (Å²) < 4.78 is 18.7. The van der Waals surface area contributed by atoms with E-state index in [4.69, 9.17) is 16.1 Å². The van der Waals surface area contributed by atoms with Gasteiger partial charge in [0.05, 0.1) is 10.9 Å². The number of anilines is 1. The first-order chi connectivity index (χ1) is 12.1. The van der Waals surface area contributed by atoms with Crippen molar-refractivity contribution in [3.63, 3.8) is 0 Å². The second kappa shape index (κ2) is 6.29. The maximum atomic E-state index is 13.3. The predicted octanol–water partition coefficient (Wildman–Crippen LogP) is 4.05. The largest absolute Gasteiger partial charge is 0.339 e. The van der Waals surface area contributed by atoms with E-state index < -0.39 is 5.82 Å². The lowest BCUT2D eigenvalue weighted by Gasteiger charge is -2.16. The molecule has 1 aromatic heterocycles. The first-order valence-electron chi connectivity index (χ1n) is 7.76. The molecule has 3 aromatic rings. The van der Waals surface area contributed by atoms with Gasteiger partial charge >= 0.3 is 0 Å². The molecular formula is C18H13ClFN3O2. The lowest BCUT2D eigenvalue weighted by atomic mass is 10.1. The van der Waals surface area contributed by atoms with E-state index in [2.05, 4.69) is 10.1 Å². The lowest BCUT2D eigenvalue weighted by Crippen LogP contribution is -2.24. The van der Waals surface area contributed by atoms with E-state index in [1.807, 2.05) is 30.3 Å². The molecule has 0 bridgehead atoms. The van der Waals surface area contributed by atoms with Gasteiger partial charge in [-0.2, -0.15) is 4.98 Å². The normalized spacial score (nSPS) is 17.3. The minimum absolute atomic E-state index is 0.0158. The number of carbonyl (C=O) groups excluding carboxylic acids is 1. The Kier molecular flexibility index (Phi) is 3.97. The van der Waals surface area contributed by atoms with Crippen LogP contribution >= 0.6 is 11.6 Å². The summed E-state index contributed by atoms with van der Waals surface area (Å²) in [7, 11) is 0. The fourth-order valence-electron chi connectivity index (χ4n) is 2.88. The molecule has 126 valence electrons. The van der Waals surface area contributed by atoms with Crippen LogP contribution in [0.4, 0.5) is 10.1 Å². The summed E-state index contributed by atoms with van der Waals surface area (Å²) in [6.07, 6.45) is 0.255. The van der Waals surface area contributed by atoms with Crippen LogP contribution in [0.3, 0.4) is 0 Å². The summed E-state index contributed by atoms with van der Waals surface area (Å²) in [5.74, 6) is 0.0979. The van der Waals surface area contributed by atoms with Crippen molar-refractivity contribution in [3.05, 3.63) is 65.3 Å². The predicted molar refractivity (Wildman–Crippen MR) is 90.9 cm³/mol.